The summed E-state index contributed by atoms with van der Waals surface area (Å²) in [5.74, 6) is -1.49. The maximum Gasteiger partial charge on any atom is 0.416 e. The lowest BCUT2D eigenvalue weighted by Crippen LogP contribution is -2.38. The fraction of sp³-hybridized carbons (Fsp3) is 0.375. The van der Waals surface area contributed by atoms with Gasteiger partial charge in [0.25, 0.3) is 0 Å². The first-order chi connectivity index (χ1) is 6.66. The van der Waals surface area contributed by atoms with Gasteiger partial charge in [-0.2, -0.15) is 0 Å². The van der Waals surface area contributed by atoms with E-state index >= 15 is 0 Å². The van der Waals surface area contributed by atoms with Crippen LogP contribution in [0.3, 0.4) is 0 Å². The zero-order valence-electron chi connectivity index (χ0n) is 7.47. The highest BCUT2D eigenvalue weighted by molar-refractivity contribution is 6.37. The van der Waals surface area contributed by atoms with Gasteiger partial charge in [0.2, 0.25) is 5.84 Å². The average Bonchev–Trinajstić information content (AvgIpc) is 2.62. The standard InChI is InChI=1S/C8H10N2O4/c1-2-5-14-8(13)10-4-3-9-6(10)7(11)12/h2H,1,3-5H2,(H,11,12). The molecule has 0 spiro atoms. The maximum atomic E-state index is 11.2. The van der Waals surface area contributed by atoms with Crippen LogP contribution in [-0.4, -0.2) is 47.6 Å². The highest BCUT2D eigenvalue weighted by Crippen LogP contribution is 2.04. The number of ether oxygens (including phenoxy) is 1. The lowest BCUT2D eigenvalue weighted by atomic mass is 10.5. The minimum atomic E-state index is -1.22. The van der Waals surface area contributed by atoms with Gasteiger partial charge in [0.1, 0.15) is 6.61 Å². The summed E-state index contributed by atoms with van der Waals surface area (Å²) >= 11 is 0. The molecule has 14 heavy (non-hydrogen) atoms. The number of nitrogens with zero attached hydrogens (tertiary/aromatic N) is 2. The molecule has 1 N–H and O–H groups in total. The van der Waals surface area contributed by atoms with Gasteiger partial charge in [0, 0.05) is 0 Å². The quantitative estimate of drug-likeness (QED) is 0.652. The molecule has 0 bridgehead atoms. The van der Waals surface area contributed by atoms with Crippen molar-refractivity contribution in [3.8, 4) is 0 Å². The Morgan fingerprint density at radius 2 is 2.43 bits per heavy atom. The van der Waals surface area contributed by atoms with Crippen molar-refractivity contribution in [2.24, 2.45) is 4.99 Å². The number of rotatable bonds is 3. The van der Waals surface area contributed by atoms with Gasteiger partial charge in [-0.1, -0.05) is 12.7 Å². The molecule has 1 rings (SSSR count). The number of aliphatic carboxylic acids is 1. The first-order valence-corrected chi connectivity index (χ1v) is 3.99. The zero-order valence-corrected chi connectivity index (χ0v) is 7.47. The van der Waals surface area contributed by atoms with Crippen LogP contribution in [0, 0.1) is 0 Å². The fourth-order valence-corrected chi connectivity index (χ4v) is 1.02. The zero-order chi connectivity index (χ0) is 10.6. The molecule has 6 nitrogen and oxygen atoms in total. The predicted molar refractivity (Wildman–Crippen MR) is 48.2 cm³/mol. The molecule has 0 aliphatic carbocycles. The number of carbonyl (C=O) groups excluding carboxylic acids is 1. The number of hydrogen-bond acceptors (Lipinski definition) is 4. The van der Waals surface area contributed by atoms with E-state index in [0.29, 0.717) is 6.54 Å². The first kappa shape index (κ1) is 10.2. The van der Waals surface area contributed by atoms with Gasteiger partial charge in [-0.3, -0.25) is 9.89 Å². The van der Waals surface area contributed by atoms with Gasteiger partial charge in [-0.15, -0.1) is 0 Å². The molecule has 0 atom stereocenters. The van der Waals surface area contributed by atoms with Crippen LogP contribution >= 0.6 is 0 Å². The molecular weight excluding hydrogens is 188 g/mol. The topological polar surface area (TPSA) is 79.2 Å². The van der Waals surface area contributed by atoms with E-state index in [-0.39, 0.29) is 19.0 Å². The van der Waals surface area contributed by atoms with Crippen molar-refractivity contribution in [1.29, 1.82) is 0 Å². The van der Waals surface area contributed by atoms with Crippen LogP contribution in [0.25, 0.3) is 0 Å². The Morgan fingerprint density at radius 3 is 3.00 bits per heavy atom. The van der Waals surface area contributed by atoms with Crippen molar-refractivity contribution >= 4 is 17.9 Å². The Morgan fingerprint density at radius 1 is 1.71 bits per heavy atom. The Hall–Kier alpha value is -1.85. The molecule has 0 saturated heterocycles. The summed E-state index contributed by atoms with van der Waals surface area (Å²) in [6.45, 7) is 3.97. The van der Waals surface area contributed by atoms with Crippen LogP contribution in [0.2, 0.25) is 0 Å². The third kappa shape index (κ3) is 2.09. The molecular formula is C8H10N2O4. The van der Waals surface area contributed by atoms with Crippen LogP contribution in [-0.2, 0) is 9.53 Å². The molecule has 6 heteroatoms. The second-order valence-electron chi connectivity index (χ2n) is 2.53. The van der Waals surface area contributed by atoms with E-state index in [4.69, 9.17) is 5.11 Å². The van der Waals surface area contributed by atoms with Crippen LogP contribution in [0.15, 0.2) is 17.6 Å². The molecule has 0 radical (unpaired) electrons. The molecule has 0 aromatic rings. The molecule has 0 fully saturated rings. The number of amidine groups is 1. The summed E-state index contributed by atoms with van der Waals surface area (Å²) in [6, 6.07) is 0. The molecule has 1 aliphatic rings. The lowest BCUT2D eigenvalue weighted by Gasteiger charge is -2.14. The average molecular weight is 198 g/mol. The summed E-state index contributed by atoms with van der Waals surface area (Å²) in [5, 5.41) is 8.66. The van der Waals surface area contributed by atoms with Gasteiger partial charge in [0.15, 0.2) is 0 Å². The normalized spacial score (nSPS) is 14.9. The van der Waals surface area contributed by atoms with Gasteiger partial charge >= 0.3 is 12.1 Å². The SMILES string of the molecule is C=CCOC(=O)N1CCN=C1C(=O)O. The molecule has 0 unspecified atom stereocenters. The molecule has 0 saturated carbocycles. The highest BCUT2D eigenvalue weighted by atomic mass is 16.6. The number of carboxylic acid groups (broad SMARTS) is 1. The fourth-order valence-electron chi connectivity index (χ4n) is 1.02. The van der Waals surface area contributed by atoms with E-state index in [0.717, 1.165) is 4.90 Å². The van der Waals surface area contributed by atoms with Crippen LogP contribution < -0.4 is 0 Å². The summed E-state index contributed by atoms with van der Waals surface area (Å²) in [4.78, 5) is 26.5. The maximum absolute atomic E-state index is 11.2. The first-order valence-electron chi connectivity index (χ1n) is 3.99. The Kier molecular flexibility index (Phi) is 3.22. The van der Waals surface area contributed by atoms with Crippen molar-refractivity contribution in [1.82, 2.24) is 4.90 Å². The lowest BCUT2D eigenvalue weighted by molar-refractivity contribution is -0.130. The van der Waals surface area contributed by atoms with Crippen molar-refractivity contribution in [3.05, 3.63) is 12.7 Å². The molecule has 0 aromatic carbocycles. The van der Waals surface area contributed by atoms with E-state index in [2.05, 4.69) is 16.3 Å². The summed E-state index contributed by atoms with van der Waals surface area (Å²) in [7, 11) is 0. The minimum Gasteiger partial charge on any atom is -0.475 e. The third-order valence-electron chi connectivity index (χ3n) is 1.58. The highest BCUT2D eigenvalue weighted by Gasteiger charge is 2.29. The Bertz CT molecular complexity index is 298. The van der Waals surface area contributed by atoms with Crippen molar-refractivity contribution in [2.75, 3.05) is 19.7 Å². The number of hydrogen-bond donors (Lipinski definition) is 1. The van der Waals surface area contributed by atoms with E-state index in [1.54, 1.807) is 0 Å². The summed E-state index contributed by atoms with van der Waals surface area (Å²) in [5.41, 5.74) is 0. The summed E-state index contributed by atoms with van der Waals surface area (Å²) < 4.78 is 4.68. The largest absolute Gasteiger partial charge is 0.475 e. The predicted octanol–water partition coefficient (Wildman–Crippen LogP) is 0.108. The number of amides is 1. The van der Waals surface area contributed by atoms with Gasteiger partial charge in [0.05, 0.1) is 13.1 Å². The second kappa shape index (κ2) is 4.40. The van der Waals surface area contributed by atoms with Crippen molar-refractivity contribution in [2.45, 2.75) is 0 Å². The Balaban J connectivity index is 2.60. The smallest absolute Gasteiger partial charge is 0.416 e. The van der Waals surface area contributed by atoms with Crippen LogP contribution in [0.5, 0.6) is 0 Å². The molecule has 1 heterocycles. The second-order valence-corrected chi connectivity index (χ2v) is 2.53. The van der Waals surface area contributed by atoms with Gasteiger partial charge in [-0.25, -0.2) is 9.59 Å². The van der Waals surface area contributed by atoms with E-state index in [1.165, 1.54) is 6.08 Å². The number of carboxylic acids is 1. The van der Waals surface area contributed by atoms with E-state index in [1.807, 2.05) is 0 Å². The Labute approximate surface area is 80.5 Å². The third-order valence-corrected chi connectivity index (χ3v) is 1.58. The van der Waals surface area contributed by atoms with Crippen molar-refractivity contribution < 1.29 is 19.4 Å². The molecule has 1 amide bonds. The van der Waals surface area contributed by atoms with Crippen molar-refractivity contribution in [3.63, 3.8) is 0 Å². The molecule has 1 aliphatic heterocycles. The van der Waals surface area contributed by atoms with E-state index in [9.17, 15) is 9.59 Å². The summed E-state index contributed by atoms with van der Waals surface area (Å²) in [6.07, 6.45) is 0.703. The molecule has 0 aromatic heterocycles. The van der Waals surface area contributed by atoms with Gasteiger partial charge in [-0.05, 0) is 0 Å². The van der Waals surface area contributed by atoms with Gasteiger partial charge < -0.3 is 9.84 Å². The monoisotopic (exact) mass is 198 g/mol. The van der Waals surface area contributed by atoms with Crippen LogP contribution in [0.4, 0.5) is 4.79 Å². The van der Waals surface area contributed by atoms with E-state index < -0.39 is 12.1 Å². The minimum absolute atomic E-state index is 0.0578. The number of aliphatic imine (C=N–C) groups is 1. The molecule has 76 valence electrons. The van der Waals surface area contributed by atoms with Crippen LogP contribution in [0.1, 0.15) is 0 Å². The number of carbonyl (C=O) groups is 2.